The van der Waals surface area contributed by atoms with Crippen molar-refractivity contribution in [2.45, 2.75) is 26.4 Å². The van der Waals surface area contributed by atoms with Gasteiger partial charge in [-0.1, -0.05) is 0 Å². The Balaban J connectivity index is 1.64. The number of aromatic nitrogens is 1. The molecule has 1 aliphatic heterocycles. The molecule has 0 radical (unpaired) electrons. The maximum atomic E-state index is 12.5. The highest BCUT2D eigenvalue weighted by Crippen LogP contribution is 2.21. The Morgan fingerprint density at radius 3 is 2.81 bits per heavy atom. The third-order valence-corrected chi connectivity index (χ3v) is 3.66. The maximum absolute atomic E-state index is 12.5. The Labute approximate surface area is 123 Å². The van der Waals surface area contributed by atoms with Crippen molar-refractivity contribution in [2.24, 2.45) is 0 Å². The highest BCUT2D eigenvalue weighted by molar-refractivity contribution is 5.95. The van der Waals surface area contributed by atoms with Gasteiger partial charge in [0.15, 0.2) is 0 Å². The van der Waals surface area contributed by atoms with E-state index in [1.165, 1.54) is 0 Å². The van der Waals surface area contributed by atoms with E-state index in [0.717, 1.165) is 17.9 Å². The number of aryl methyl sites for hydroxylation is 2. The molecule has 1 amide bonds. The lowest BCUT2D eigenvalue weighted by Crippen LogP contribution is -2.31. The van der Waals surface area contributed by atoms with E-state index in [9.17, 15) is 4.79 Å². The summed E-state index contributed by atoms with van der Waals surface area (Å²) >= 11 is 0. The van der Waals surface area contributed by atoms with Crippen molar-refractivity contribution in [3.8, 4) is 5.75 Å². The fourth-order valence-corrected chi connectivity index (χ4v) is 2.63. The van der Waals surface area contributed by atoms with Crippen molar-refractivity contribution in [1.29, 1.82) is 0 Å². The molecule has 0 aromatic carbocycles. The normalized spacial score (nSPS) is 18.0. The molecule has 0 saturated carbocycles. The number of rotatable bonds is 3. The van der Waals surface area contributed by atoms with Crippen LogP contribution in [0.1, 0.15) is 28.3 Å². The SMILES string of the molecule is Cc1cc(C(=O)N2CCC(Oc3ccncc3)C2)c(C)o1. The van der Waals surface area contributed by atoms with Gasteiger partial charge in [-0.2, -0.15) is 0 Å². The zero-order valence-electron chi connectivity index (χ0n) is 12.2. The molecule has 3 heterocycles. The van der Waals surface area contributed by atoms with Gasteiger partial charge in [0, 0.05) is 25.4 Å². The minimum Gasteiger partial charge on any atom is -0.488 e. The number of pyridine rings is 1. The number of furan rings is 1. The number of ether oxygens (including phenoxy) is 1. The average molecular weight is 286 g/mol. The van der Waals surface area contributed by atoms with Gasteiger partial charge in [-0.25, -0.2) is 0 Å². The number of hydrogen-bond acceptors (Lipinski definition) is 4. The van der Waals surface area contributed by atoms with E-state index in [-0.39, 0.29) is 12.0 Å². The lowest BCUT2D eigenvalue weighted by Gasteiger charge is -2.16. The van der Waals surface area contributed by atoms with E-state index in [0.29, 0.717) is 24.4 Å². The molecule has 1 atom stereocenters. The first-order valence-corrected chi connectivity index (χ1v) is 7.06. The molecule has 0 aliphatic carbocycles. The van der Waals surface area contributed by atoms with Gasteiger partial charge in [0.2, 0.25) is 0 Å². The van der Waals surface area contributed by atoms with Gasteiger partial charge in [0.25, 0.3) is 5.91 Å². The summed E-state index contributed by atoms with van der Waals surface area (Å²) in [5, 5.41) is 0. The van der Waals surface area contributed by atoms with E-state index in [4.69, 9.17) is 9.15 Å². The molecular formula is C16H18N2O3. The molecule has 2 aromatic rings. The predicted octanol–water partition coefficient (Wildman–Crippen LogP) is 2.58. The molecule has 2 aromatic heterocycles. The fourth-order valence-electron chi connectivity index (χ4n) is 2.63. The first-order chi connectivity index (χ1) is 10.1. The molecule has 0 N–H and O–H groups in total. The van der Waals surface area contributed by atoms with Gasteiger partial charge in [-0.05, 0) is 32.0 Å². The largest absolute Gasteiger partial charge is 0.488 e. The van der Waals surface area contributed by atoms with E-state index in [2.05, 4.69) is 4.98 Å². The van der Waals surface area contributed by atoms with Crippen LogP contribution >= 0.6 is 0 Å². The topological polar surface area (TPSA) is 55.6 Å². The number of amides is 1. The highest BCUT2D eigenvalue weighted by Gasteiger charge is 2.29. The van der Waals surface area contributed by atoms with Gasteiger partial charge < -0.3 is 14.1 Å². The lowest BCUT2D eigenvalue weighted by atomic mass is 10.2. The maximum Gasteiger partial charge on any atom is 0.257 e. The second-order valence-corrected chi connectivity index (χ2v) is 5.29. The van der Waals surface area contributed by atoms with Crippen molar-refractivity contribution in [3.05, 3.63) is 47.7 Å². The Morgan fingerprint density at radius 1 is 1.38 bits per heavy atom. The van der Waals surface area contributed by atoms with Gasteiger partial charge in [-0.15, -0.1) is 0 Å². The summed E-state index contributed by atoms with van der Waals surface area (Å²) in [7, 11) is 0. The number of hydrogen-bond donors (Lipinski definition) is 0. The van der Waals surface area contributed by atoms with Crippen LogP contribution in [0, 0.1) is 13.8 Å². The number of nitrogens with zero attached hydrogens (tertiary/aromatic N) is 2. The van der Waals surface area contributed by atoms with Gasteiger partial charge in [0.1, 0.15) is 23.4 Å². The quantitative estimate of drug-likeness (QED) is 0.870. The number of likely N-dealkylation sites (tertiary alicyclic amines) is 1. The molecule has 1 aliphatic rings. The van der Waals surface area contributed by atoms with Crippen LogP contribution in [-0.2, 0) is 0 Å². The molecule has 110 valence electrons. The number of carbonyl (C=O) groups is 1. The molecule has 3 rings (SSSR count). The van der Waals surface area contributed by atoms with Crippen molar-refractivity contribution in [3.63, 3.8) is 0 Å². The first kappa shape index (κ1) is 13.7. The van der Waals surface area contributed by atoms with E-state index < -0.39 is 0 Å². The lowest BCUT2D eigenvalue weighted by molar-refractivity contribution is 0.0770. The molecule has 1 saturated heterocycles. The van der Waals surface area contributed by atoms with Crippen molar-refractivity contribution >= 4 is 5.91 Å². The van der Waals surface area contributed by atoms with Crippen LogP contribution < -0.4 is 4.74 Å². The minimum absolute atomic E-state index is 0.0187. The summed E-state index contributed by atoms with van der Waals surface area (Å²) < 4.78 is 11.3. The molecule has 5 heteroatoms. The Hall–Kier alpha value is -2.30. The molecular weight excluding hydrogens is 268 g/mol. The van der Waals surface area contributed by atoms with E-state index in [1.54, 1.807) is 18.5 Å². The zero-order valence-corrected chi connectivity index (χ0v) is 12.2. The van der Waals surface area contributed by atoms with Gasteiger partial charge in [-0.3, -0.25) is 9.78 Å². The third-order valence-electron chi connectivity index (χ3n) is 3.66. The second kappa shape index (κ2) is 5.60. The van der Waals surface area contributed by atoms with Crippen LogP contribution in [0.3, 0.4) is 0 Å². The van der Waals surface area contributed by atoms with Crippen LogP contribution in [0.5, 0.6) is 5.75 Å². The standard InChI is InChI=1S/C16H18N2O3/c1-11-9-15(12(2)20-11)16(19)18-8-5-14(10-18)21-13-3-6-17-7-4-13/h3-4,6-7,9,14H,5,8,10H2,1-2H3. The summed E-state index contributed by atoms with van der Waals surface area (Å²) in [5.41, 5.74) is 0.650. The average Bonchev–Trinajstić information content (AvgIpc) is 3.06. The summed E-state index contributed by atoms with van der Waals surface area (Å²) in [6.45, 7) is 4.98. The summed E-state index contributed by atoms with van der Waals surface area (Å²) in [4.78, 5) is 18.3. The summed E-state index contributed by atoms with van der Waals surface area (Å²) in [6, 6.07) is 5.46. The monoisotopic (exact) mass is 286 g/mol. The smallest absolute Gasteiger partial charge is 0.257 e. The summed E-state index contributed by atoms with van der Waals surface area (Å²) in [5.74, 6) is 2.25. The predicted molar refractivity (Wildman–Crippen MR) is 77.4 cm³/mol. The fraction of sp³-hybridized carbons (Fsp3) is 0.375. The van der Waals surface area contributed by atoms with Gasteiger partial charge in [0.05, 0.1) is 12.1 Å². The van der Waals surface area contributed by atoms with E-state index in [1.807, 2.05) is 30.9 Å². The highest BCUT2D eigenvalue weighted by atomic mass is 16.5. The minimum atomic E-state index is 0.0187. The van der Waals surface area contributed by atoms with Crippen LogP contribution in [0.2, 0.25) is 0 Å². The van der Waals surface area contributed by atoms with Crippen LogP contribution in [-0.4, -0.2) is 35.0 Å². The van der Waals surface area contributed by atoms with E-state index >= 15 is 0 Å². The zero-order chi connectivity index (χ0) is 14.8. The molecule has 0 spiro atoms. The van der Waals surface area contributed by atoms with Crippen LogP contribution in [0.15, 0.2) is 35.0 Å². The third kappa shape index (κ3) is 2.91. The second-order valence-electron chi connectivity index (χ2n) is 5.29. The van der Waals surface area contributed by atoms with Gasteiger partial charge >= 0.3 is 0 Å². The van der Waals surface area contributed by atoms with Crippen LogP contribution in [0.25, 0.3) is 0 Å². The van der Waals surface area contributed by atoms with Crippen molar-refractivity contribution in [1.82, 2.24) is 9.88 Å². The van der Waals surface area contributed by atoms with Crippen molar-refractivity contribution < 1.29 is 13.9 Å². The van der Waals surface area contributed by atoms with Crippen LogP contribution in [0.4, 0.5) is 0 Å². The number of carbonyl (C=O) groups excluding carboxylic acids is 1. The Morgan fingerprint density at radius 2 is 2.14 bits per heavy atom. The van der Waals surface area contributed by atoms with Crippen molar-refractivity contribution in [2.75, 3.05) is 13.1 Å². The Bertz CT molecular complexity index is 636. The molecule has 21 heavy (non-hydrogen) atoms. The first-order valence-electron chi connectivity index (χ1n) is 7.06. The molecule has 1 fully saturated rings. The molecule has 1 unspecified atom stereocenters. The molecule has 5 nitrogen and oxygen atoms in total. The molecule has 0 bridgehead atoms. The summed E-state index contributed by atoms with van der Waals surface area (Å²) in [6.07, 6.45) is 4.27. The Kier molecular flexibility index (Phi) is 3.64.